The predicted molar refractivity (Wildman–Crippen MR) is 70.7 cm³/mol. The Hall–Kier alpha value is -1.28. The highest BCUT2D eigenvalue weighted by Gasteiger charge is 2.14. The lowest BCUT2D eigenvalue weighted by Crippen LogP contribution is -2.27. The van der Waals surface area contributed by atoms with Gasteiger partial charge in [-0.1, -0.05) is 12.2 Å². The van der Waals surface area contributed by atoms with Gasteiger partial charge in [-0.3, -0.25) is 0 Å². The van der Waals surface area contributed by atoms with E-state index < -0.39 is 9.84 Å². The lowest BCUT2D eigenvalue weighted by atomic mass is 10.3. The van der Waals surface area contributed by atoms with Crippen molar-refractivity contribution in [3.05, 3.63) is 18.1 Å². The highest BCUT2D eigenvalue weighted by molar-refractivity contribution is 7.90. The molecule has 8 heteroatoms. The lowest BCUT2D eigenvalue weighted by Gasteiger charge is -2.14. The van der Waals surface area contributed by atoms with Crippen LogP contribution in [0.5, 0.6) is 0 Å². The van der Waals surface area contributed by atoms with Crippen molar-refractivity contribution in [2.45, 2.75) is 13.0 Å². The van der Waals surface area contributed by atoms with Gasteiger partial charge in [-0.05, 0) is 6.92 Å². The number of hydrogen-bond donors (Lipinski definition) is 2. The lowest BCUT2D eigenvalue weighted by molar-refractivity contribution is 0.598. The second-order valence-electron chi connectivity index (χ2n) is 3.76. The summed E-state index contributed by atoms with van der Waals surface area (Å²) < 4.78 is 22.2. The molecule has 0 aliphatic rings. The molecule has 0 amide bonds. The van der Waals surface area contributed by atoms with Crippen LogP contribution in [0.25, 0.3) is 0 Å². The highest BCUT2D eigenvalue weighted by atomic mass is 32.2. The summed E-state index contributed by atoms with van der Waals surface area (Å²) in [6.45, 7) is 1.74. The van der Waals surface area contributed by atoms with E-state index in [1.165, 1.54) is 18.6 Å². The summed E-state index contributed by atoms with van der Waals surface area (Å²) in [5.74, 6) is 0.400. The van der Waals surface area contributed by atoms with Crippen molar-refractivity contribution in [2.24, 2.45) is 5.73 Å². The third kappa shape index (κ3) is 4.61. The summed E-state index contributed by atoms with van der Waals surface area (Å²) in [6, 6.07) is -0.296. The number of rotatable bonds is 5. The Morgan fingerprint density at radius 3 is 2.65 bits per heavy atom. The van der Waals surface area contributed by atoms with E-state index >= 15 is 0 Å². The van der Waals surface area contributed by atoms with Crippen LogP contribution in [0.4, 0.5) is 5.82 Å². The summed E-state index contributed by atoms with van der Waals surface area (Å²) in [5, 5.41) is 2.93. The minimum Gasteiger partial charge on any atom is -0.388 e. The number of nitrogens with two attached hydrogens (primary N) is 1. The molecule has 0 spiro atoms. The van der Waals surface area contributed by atoms with E-state index in [0.717, 1.165) is 0 Å². The van der Waals surface area contributed by atoms with Crippen molar-refractivity contribution in [3.63, 3.8) is 0 Å². The van der Waals surface area contributed by atoms with Gasteiger partial charge in [0.2, 0.25) is 0 Å². The Balaban J connectivity index is 2.85. The molecular weight excluding hydrogens is 260 g/mol. The molecule has 94 valence electrons. The third-order valence-electron chi connectivity index (χ3n) is 1.87. The molecule has 0 aromatic carbocycles. The van der Waals surface area contributed by atoms with Gasteiger partial charge in [0, 0.05) is 24.7 Å². The number of nitrogens with one attached hydrogen (secondary N) is 1. The maximum atomic E-state index is 11.1. The van der Waals surface area contributed by atoms with Crippen LogP contribution in [-0.4, -0.2) is 41.4 Å². The quantitative estimate of drug-likeness (QED) is 0.727. The number of aromatic nitrogens is 2. The zero-order valence-electron chi connectivity index (χ0n) is 9.54. The minimum absolute atomic E-state index is 0.000345. The van der Waals surface area contributed by atoms with Crippen molar-refractivity contribution in [1.29, 1.82) is 0 Å². The average molecular weight is 274 g/mol. The number of nitrogens with zero attached hydrogens (tertiary/aromatic N) is 2. The van der Waals surface area contributed by atoms with E-state index in [0.29, 0.717) is 11.5 Å². The Bertz CT molecular complexity index is 515. The van der Waals surface area contributed by atoms with Gasteiger partial charge in [-0.15, -0.1) is 0 Å². The van der Waals surface area contributed by atoms with E-state index in [1.807, 2.05) is 0 Å². The van der Waals surface area contributed by atoms with Gasteiger partial charge in [0.25, 0.3) is 0 Å². The largest absolute Gasteiger partial charge is 0.388 e. The first-order chi connectivity index (χ1) is 7.79. The van der Waals surface area contributed by atoms with Crippen LogP contribution >= 0.6 is 12.2 Å². The molecule has 6 nitrogen and oxygen atoms in total. The predicted octanol–water partition coefficient (Wildman–Crippen LogP) is -0.0442. The van der Waals surface area contributed by atoms with E-state index in [9.17, 15) is 8.42 Å². The zero-order valence-corrected chi connectivity index (χ0v) is 11.2. The first kappa shape index (κ1) is 13.8. The fourth-order valence-electron chi connectivity index (χ4n) is 1.35. The summed E-state index contributed by atoms with van der Waals surface area (Å²) in [6.07, 6.45) is 4.13. The minimum atomic E-state index is -3.05. The van der Waals surface area contributed by atoms with Crippen molar-refractivity contribution in [1.82, 2.24) is 9.97 Å². The van der Waals surface area contributed by atoms with E-state index in [2.05, 4.69) is 15.3 Å². The monoisotopic (exact) mass is 274 g/mol. The third-order valence-corrected chi connectivity index (χ3v) is 3.17. The highest BCUT2D eigenvalue weighted by Crippen LogP contribution is 2.10. The normalized spacial score (nSPS) is 13.1. The van der Waals surface area contributed by atoms with Gasteiger partial charge in [0.05, 0.1) is 5.75 Å². The summed E-state index contributed by atoms with van der Waals surface area (Å²) in [7, 11) is -3.05. The number of thiocarbonyl (C=S) groups is 1. The fourth-order valence-corrected chi connectivity index (χ4v) is 2.49. The van der Waals surface area contributed by atoms with Crippen LogP contribution in [0, 0.1) is 0 Å². The second-order valence-corrected chi connectivity index (χ2v) is 6.38. The maximum absolute atomic E-state index is 11.1. The number of hydrogen-bond acceptors (Lipinski definition) is 6. The Kier molecular flexibility index (Phi) is 4.35. The molecule has 1 rings (SSSR count). The van der Waals surface area contributed by atoms with Gasteiger partial charge < -0.3 is 11.1 Å². The van der Waals surface area contributed by atoms with Gasteiger partial charge in [0.15, 0.2) is 5.82 Å². The number of anilines is 1. The summed E-state index contributed by atoms with van der Waals surface area (Å²) in [4.78, 5) is 8.14. The molecule has 3 N–H and O–H groups in total. The Morgan fingerprint density at radius 1 is 1.53 bits per heavy atom. The molecule has 1 aromatic rings. The fraction of sp³-hybridized carbons (Fsp3) is 0.444. The summed E-state index contributed by atoms with van der Waals surface area (Å²) >= 11 is 4.83. The molecule has 0 radical (unpaired) electrons. The smallest absolute Gasteiger partial charge is 0.155 e. The summed E-state index contributed by atoms with van der Waals surface area (Å²) in [5.41, 5.74) is 5.85. The molecule has 0 aliphatic carbocycles. The molecule has 1 heterocycles. The van der Waals surface area contributed by atoms with Crippen LogP contribution < -0.4 is 11.1 Å². The van der Waals surface area contributed by atoms with Gasteiger partial charge in [0.1, 0.15) is 20.5 Å². The molecule has 1 atom stereocenters. The molecule has 1 aromatic heterocycles. The zero-order chi connectivity index (χ0) is 13.1. The SMILES string of the molecule is CC(CS(C)(=O)=O)Nc1nccnc1C(N)=S. The maximum Gasteiger partial charge on any atom is 0.155 e. The standard InChI is InChI=1S/C9H14N4O2S2/c1-6(5-17(2,14)15)13-9-7(8(10)16)11-3-4-12-9/h3-4,6H,5H2,1-2H3,(H2,10,16)(H,12,13). The molecule has 17 heavy (non-hydrogen) atoms. The van der Waals surface area contributed by atoms with Gasteiger partial charge >= 0.3 is 0 Å². The van der Waals surface area contributed by atoms with Crippen LogP contribution in [0.15, 0.2) is 12.4 Å². The van der Waals surface area contributed by atoms with Crippen molar-refractivity contribution in [2.75, 3.05) is 17.3 Å². The molecule has 1 unspecified atom stereocenters. The first-order valence-corrected chi connectivity index (χ1v) is 7.31. The van der Waals surface area contributed by atoms with E-state index in [1.54, 1.807) is 6.92 Å². The van der Waals surface area contributed by atoms with Crippen LogP contribution in [0.3, 0.4) is 0 Å². The van der Waals surface area contributed by atoms with Crippen LogP contribution in [0.2, 0.25) is 0 Å². The Morgan fingerprint density at radius 2 is 2.12 bits per heavy atom. The van der Waals surface area contributed by atoms with E-state index in [-0.39, 0.29) is 16.8 Å². The van der Waals surface area contributed by atoms with Crippen LogP contribution in [-0.2, 0) is 9.84 Å². The topological polar surface area (TPSA) is 98.0 Å². The second kappa shape index (κ2) is 5.37. The number of sulfone groups is 1. The molecular formula is C9H14N4O2S2. The Labute approximate surface area is 106 Å². The molecule has 0 aliphatic heterocycles. The van der Waals surface area contributed by atoms with Gasteiger partial charge in [-0.2, -0.15) is 0 Å². The van der Waals surface area contributed by atoms with Crippen molar-refractivity contribution in [3.8, 4) is 0 Å². The van der Waals surface area contributed by atoms with Crippen molar-refractivity contribution < 1.29 is 8.42 Å². The molecule has 0 saturated carbocycles. The van der Waals surface area contributed by atoms with E-state index in [4.69, 9.17) is 18.0 Å². The average Bonchev–Trinajstić information content (AvgIpc) is 2.14. The first-order valence-electron chi connectivity index (χ1n) is 4.84. The van der Waals surface area contributed by atoms with Gasteiger partial charge in [-0.25, -0.2) is 18.4 Å². The molecule has 0 bridgehead atoms. The molecule has 0 saturated heterocycles. The van der Waals surface area contributed by atoms with Crippen LogP contribution in [0.1, 0.15) is 12.6 Å². The van der Waals surface area contributed by atoms with Crippen molar-refractivity contribution >= 4 is 32.9 Å². The molecule has 0 fully saturated rings.